The van der Waals surface area contributed by atoms with Gasteiger partial charge in [0, 0.05) is 12.0 Å². The molecule has 0 spiro atoms. The van der Waals surface area contributed by atoms with Crippen molar-refractivity contribution in [3.05, 3.63) is 59.1 Å². The molecule has 4 heteroatoms. The summed E-state index contributed by atoms with van der Waals surface area (Å²) in [6.45, 7) is 2.26. The van der Waals surface area contributed by atoms with E-state index in [9.17, 15) is 0 Å². The minimum Gasteiger partial charge on any atom is -0.497 e. The number of rotatable bonds is 4. The first kappa shape index (κ1) is 15.6. The largest absolute Gasteiger partial charge is 0.497 e. The van der Waals surface area contributed by atoms with Gasteiger partial charge in [0.15, 0.2) is 5.01 Å². The maximum absolute atomic E-state index is 5.38. The summed E-state index contributed by atoms with van der Waals surface area (Å²) in [4.78, 5) is 6.57. The number of benzene rings is 2. The van der Waals surface area contributed by atoms with Crippen LogP contribution in [0.25, 0.3) is 10.2 Å². The van der Waals surface area contributed by atoms with Gasteiger partial charge in [-0.25, -0.2) is 4.98 Å². The Morgan fingerprint density at radius 1 is 1.17 bits per heavy atom. The van der Waals surface area contributed by atoms with E-state index in [1.807, 2.05) is 17.4 Å². The minimum absolute atomic E-state index is 0.516. The molecule has 0 bridgehead atoms. The predicted octanol–water partition coefficient (Wildman–Crippen LogP) is 3.62. The van der Waals surface area contributed by atoms with E-state index >= 15 is 0 Å². The first-order valence-electron chi connectivity index (χ1n) is 8.66. The molecule has 1 unspecified atom stereocenters. The van der Waals surface area contributed by atoms with Crippen LogP contribution < -0.4 is 9.64 Å². The monoisotopic (exact) mass is 339 g/mol. The lowest BCUT2D eigenvalue weighted by atomic mass is 10.0. The summed E-state index contributed by atoms with van der Waals surface area (Å²) in [5.74, 6) is 0.945. The lowest BCUT2D eigenvalue weighted by Gasteiger charge is -2.31. The molecule has 1 saturated heterocycles. The Morgan fingerprint density at radius 2 is 2.08 bits per heavy atom. The molecule has 2 heterocycles. The number of quaternary nitrogens is 1. The molecule has 1 fully saturated rings. The van der Waals surface area contributed by atoms with Crippen molar-refractivity contribution >= 4 is 21.6 Å². The van der Waals surface area contributed by atoms with Crippen LogP contribution in [0.5, 0.6) is 5.75 Å². The standard InChI is InChI=1S/C20H22N2OS/c1-23-16-8-6-7-15(13-16)14-22-12-5-4-10-18(22)20-21-17-9-2-3-11-19(17)24-20/h2-3,6-9,11,13,18H,4-5,10,12,14H2,1H3/p+1/t18-/m0/s1. The first-order valence-corrected chi connectivity index (χ1v) is 9.48. The van der Waals surface area contributed by atoms with Gasteiger partial charge in [0.1, 0.15) is 18.3 Å². The zero-order valence-corrected chi connectivity index (χ0v) is 14.8. The van der Waals surface area contributed by atoms with Crippen LogP contribution >= 0.6 is 11.3 Å². The fourth-order valence-electron chi connectivity index (χ4n) is 3.67. The first-order chi connectivity index (χ1) is 11.8. The van der Waals surface area contributed by atoms with Crippen LogP contribution in [0.1, 0.15) is 35.9 Å². The zero-order valence-electron chi connectivity index (χ0n) is 14.0. The van der Waals surface area contributed by atoms with Gasteiger partial charge >= 0.3 is 0 Å². The van der Waals surface area contributed by atoms with Crippen molar-refractivity contribution in [3.63, 3.8) is 0 Å². The summed E-state index contributed by atoms with van der Waals surface area (Å²) in [6.07, 6.45) is 3.85. The van der Waals surface area contributed by atoms with Gasteiger partial charge in [-0.15, -0.1) is 11.3 Å². The molecule has 124 valence electrons. The van der Waals surface area contributed by atoms with Crippen molar-refractivity contribution in [3.8, 4) is 5.75 Å². The van der Waals surface area contributed by atoms with E-state index in [2.05, 4.69) is 42.5 Å². The molecule has 1 aliphatic heterocycles. The van der Waals surface area contributed by atoms with Gasteiger partial charge in [0.25, 0.3) is 0 Å². The number of para-hydroxylation sites is 1. The number of fused-ring (bicyclic) bond motifs is 1. The van der Waals surface area contributed by atoms with Crippen molar-refractivity contribution in [1.29, 1.82) is 0 Å². The smallest absolute Gasteiger partial charge is 0.151 e. The van der Waals surface area contributed by atoms with Crippen LogP contribution in [0.2, 0.25) is 0 Å². The van der Waals surface area contributed by atoms with Crippen molar-refractivity contribution in [2.24, 2.45) is 0 Å². The molecule has 1 N–H and O–H groups in total. The van der Waals surface area contributed by atoms with Gasteiger partial charge in [-0.1, -0.05) is 24.3 Å². The summed E-state index contributed by atoms with van der Waals surface area (Å²) in [6, 6.07) is 17.5. The van der Waals surface area contributed by atoms with Crippen LogP contribution in [0.4, 0.5) is 0 Å². The Kier molecular flexibility index (Phi) is 4.50. The Bertz CT molecular complexity index is 796. The van der Waals surface area contributed by atoms with E-state index in [0.29, 0.717) is 6.04 Å². The second-order valence-corrected chi connectivity index (χ2v) is 7.57. The molecule has 24 heavy (non-hydrogen) atoms. The summed E-state index contributed by atoms with van der Waals surface area (Å²) >= 11 is 1.87. The highest BCUT2D eigenvalue weighted by atomic mass is 32.1. The second kappa shape index (κ2) is 6.91. The molecule has 4 rings (SSSR count). The number of nitrogens with one attached hydrogen (secondary N) is 1. The quantitative estimate of drug-likeness (QED) is 0.786. The van der Waals surface area contributed by atoms with Gasteiger partial charge < -0.3 is 9.64 Å². The van der Waals surface area contributed by atoms with Gasteiger partial charge in [-0.2, -0.15) is 0 Å². The molecule has 0 saturated carbocycles. The average Bonchev–Trinajstić information content (AvgIpc) is 3.06. The zero-order chi connectivity index (χ0) is 16.4. The van der Waals surface area contributed by atoms with Crippen LogP contribution in [0.15, 0.2) is 48.5 Å². The molecular formula is C20H23N2OS+. The van der Waals surface area contributed by atoms with E-state index in [4.69, 9.17) is 9.72 Å². The highest BCUT2D eigenvalue weighted by Gasteiger charge is 2.30. The summed E-state index contributed by atoms with van der Waals surface area (Å²) in [5.41, 5.74) is 2.49. The lowest BCUT2D eigenvalue weighted by Crippen LogP contribution is -3.11. The number of nitrogens with zero attached hydrogens (tertiary/aromatic N) is 1. The van der Waals surface area contributed by atoms with E-state index in [1.165, 1.54) is 41.1 Å². The normalized spacial score (nSPS) is 21.0. The lowest BCUT2D eigenvalue weighted by molar-refractivity contribution is -0.950. The molecule has 0 radical (unpaired) electrons. The van der Waals surface area contributed by atoms with E-state index in [0.717, 1.165) is 17.8 Å². The number of piperidine rings is 1. The fourth-order valence-corrected chi connectivity index (χ4v) is 4.83. The molecule has 2 atom stereocenters. The number of ether oxygens (including phenoxy) is 1. The molecule has 0 aliphatic carbocycles. The number of methoxy groups -OCH3 is 1. The maximum Gasteiger partial charge on any atom is 0.151 e. The van der Waals surface area contributed by atoms with Crippen molar-refractivity contribution < 1.29 is 9.64 Å². The Hall–Kier alpha value is -1.91. The van der Waals surface area contributed by atoms with Gasteiger partial charge in [-0.05, 0) is 37.1 Å². The number of aromatic nitrogens is 1. The van der Waals surface area contributed by atoms with E-state index in [1.54, 1.807) is 12.0 Å². The second-order valence-electron chi connectivity index (χ2n) is 6.50. The predicted molar refractivity (Wildman–Crippen MR) is 98.7 cm³/mol. The van der Waals surface area contributed by atoms with Gasteiger partial charge in [0.05, 0.1) is 23.9 Å². The van der Waals surface area contributed by atoms with E-state index in [-0.39, 0.29) is 0 Å². The molecule has 1 aliphatic rings. The Labute approximate surface area is 146 Å². The molecule has 3 nitrogen and oxygen atoms in total. The van der Waals surface area contributed by atoms with Crippen molar-refractivity contribution in [2.75, 3.05) is 13.7 Å². The number of hydrogen-bond donors (Lipinski definition) is 1. The van der Waals surface area contributed by atoms with Crippen LogP contribution in [0.3, 0.4) is 0 Å². The topological polar surface area (TPSA) is 26.6 Å². The summed E-state index contributed by atoms with van der Waals surface area (Å²) in [5, 5.41) is 1.30. The van der Waals surface area contributed by atoms with Crippen LogP contribution in [-0.4, -0.2) is 18.6 Å². The van der Waals surface area contributed by atoms with E-state index < -0.39 is 0 Å². The van der Waals surface area contributed by atoms with Crippen molar-refractivity contribution in [2.45, 2.75) is 31.8 Å². The van der Waals surface area contributed by atoms with Crippen molar-refractivity contribution in [1.82, 2.24) is 4.98 Å². The van der Waals surface area contributed by atoms with Crippen LogP contribution in [-0.2, 0) is 6.54 Å². The number of thiazole rings is 1. The van der Waals surface area contributed by atoms with Gasteiger partial charge in [-0.3, -0.25) is 0 Å². The molecular weight excluding hydrogens is 316 g/mol. The highest BCUT2D eigenvalue weighted by molar-refractivity contribution is 7.18. The Morgan fingerprint density at radius 3 is 2.96 bits per heavy atom. The summed E-state index contributed by atoms with van der Waals surface area (Å²) < 4.78 is 6.68. The highest BCUT2D eigenvalue weighted by Crippen LogP contribution is 2.28. The molecule has 3 aromatic rings. The number of hydrogen-bond acceptors (Lipinski definition) is 3. The van der Waals surface area contributed by atoms with Crippen LogP contribution in [0, 0.1) is 0 Å². The molecule has 0 amide bonds. The fraction of sp³-hybridized carbons (Fsp3) is 0.350. The van der Waals surface area contributed by atoms with Gasteiger partial charge in [0.2, 0.25) is 0 Å². The third-order valence-corrected chi connectivity index (χ3v) is 6.06. The third kappa shape index (κ3) is 3.17. The SMILES string of the molecule is COc1cccc(C[NH+]2CCCC[C@H]2c2nc3ccccc3s2)c1. The maximum atomic E-state index is 5.38. The average molecular weight is 339 g/mol. The Balaban J connectivity index is 1.60. The number of likely N-dealkylation sites (tertiary alicyclic amines) is 1. The third-order valence-electron chi connectivity index (χ3n) is 4.91. The summed E-state index contributed by atoms with van der Waals surface area (Å²) in [7, 11) is 1.73. The minimum atomic E-state index is 0.516. The molecule has 1 aromatic heterocycles. The molecule has 2 aromatic carbocycles.